The van der Waals surface area contributed by atoms with Gasteiger partial charge < -0.3 is 4.74 Å². The van der Waals surface area contributed by atoms with Crippen molar-refractivity contribution in [1.82, 2.24) is 0 Å². The molecule has 32 heavy (non-hydrogen) atoms. The maximum atomic E-state index is 13.2. The summed E-state index contributed by atoms with van der Waals surface area (Å²) in [4.78, 5) is 0. The Kier molecular flexibility index (Phi) is 9.38. The van der Waals surface area contributed by atoms with Crippen molar-refractivity contribution in [3.8, 4) is 0 Å². The van der Waals surface area contributed by atoms with Crippen LogP contribution in [0, 0.1) is 0 Å². The molecule has 0 rings (SSSR count). The Morgan fingerprint density at radius 2 is 1.06 bits per heavy atom. The van der Waals surface area contributed by atoms with E-state index < -0.39 is 55.7 Å². The smallest absolute Gasteiger partial charge is 0.372 e. The predicted octanol–water partition coefficient (Wildman–Crippen LogP) is 6.60. The maximum absolute atomic E-state index is 13.2. The van der Waals surface area contributed by atoms with Crippen LogP contribution in [0.15, 0.2) is 12.7 Å². The molecule has 0 aliphatic carbocycles. The molecule has 0 aromatic carbocycles. The highest BCUT2D eigenvalue weighted by molar-refractivity contribution is 4.97. The molecule has 0 aliphatic rings. The summed E-state index contributed by atoms with van der Waals surface area (Å²) in [6, 6.07) is 0. The zero-order valence-electron chi connectivity index (χ0n) is 15.2. The lowest BCUT2D eigenvalue weighted by Gasteiger charge is -2.36. The summed E-state index contributed by atoms with van der Waals surface area (Å²) in [6.45, 7) is 0.546. The highest BCUT2D eigenvalue weighted by Crippen LogP contribution is 2.55. The maximum Gasteiger partial charge on any atom is 0.460 e. The average molecular weight is 514 g/mol. The summed E-state index contributed by atoms with van der Waals surface area (Å²) < 4.78 is 199. The van der Waals surface area contributed by atoms with Gasteiger partial charge in [-0.1, -0.05) is 6.08 Å². The van der Waals surface area contributed by atoms with Crippen LogP contribution in [0.1, 0.15) is 19.3 Å². The Labute approximate surface area is 169 Å². The molecule has 0 N–H and O–H groups in total. The number of hydrogen-bond acceptors (Lipinski definition) is 3. The Hall–Kier alpha value is -1.43. The van der Waals surface area contributed by atoms with Crippen LogP contribution in [0.25, 0.3) is 0 Å². The molecule has 0 radical (unpaired) electrons. The standard InChI is InChI=1S/C14H13F15O3/c1-2-3-4-5-6-30-7-8(15,16)31-13(26,27)14(28,29)32-12(24,25)10(19,20)9(17,18)11(21,22)23/h2H,1,3-7H2. The molecule has 0 fully saturated rings. The first kappa shape index (κ1) is 30.6. The van der Waals surface area contributed by atoms with Gasteiger partial charge in [0.2, 0.25) is 0 Å². The molecule has 0 atom stereocenters. The molecule has 0 aromatic rings. The van der Waals surface area contributed by atoms with Gasteiger partial charge in [-0.3, -0.25) is 0 Å². The molecule has 0 saturated carbocycles. The Bertz CT molecular complexity index is 615. The second-order valence-electron chi connectivity index (χ2n) is 5.88. The highest BCUT2D eigenvalue weighted by Gasteiger charge is 2.85. The lowest BCUT2D eigenvalue weighted by Crippen LogP contribution is -2.64. The quantitative estimate of drug-likeness (QED) is 0.149. The molecular formula is C14H13F15O3. The van der Waals surface area contributed by atoms with Crippen LogP contribution in [-0.4, -0.2) is 55.7 Å². The average Bonchev–Trinajstić information content (AvgIpc) is 2.54. The molecule has 0 aliphatic heterocycles. The Morgan fingerprint density at radius 1 is 0.594 bits per heavy atom. The minimum Gasteiger partial charge on any atom is -0.372 e. The van der Waals surface area contributed by atoms with Gasteiger partial charge in [-0.25, -0.2) is 9.47 Å². The number of hydrogen-bond donors (Lipinski definition) is 0. The van der Waals surface area contributed by atoms with Crippen molar-refractivity contribution in [2.75, 3.05) is 13.2 Å². The lowest BCUT2D eigenvalue weighted by atomic mass is 10.1. The molecule has 0 spiro atoms. The van der Waals surface area contributed by atoms with Crippen LogP contribution in [0.2, 0.25) is 0 Å². The third kappa shape index (κ3) is 7.03. The van der Waals surface area contributed by atoms with Crippen molar-refractivity contribution in [3.63, 3.8) is 0 Å². The van der Waals surface area contributed by atoms with Gasteiger partial charge in [0.1, 0.15) is 6.61 Å². The number of rotatable bonds is 14. The van der Waals surface area contributed by atoms with Gasteiger partial charge in [0.25, 0.3) is 0 Å². The number of alkyl halides is 15. The monoisotopic (exact) mass is 514 g/mol. The zero-order chi connectivity index (χ0) is 25.9. The first-order chi connectivity index (χ1) is 14.0. The molecule has 0 amide bonds. The van der Waals surface area contributed by atoms with Gasteiger partial charge in [-0.2, -0.15) is 65.9 Å². The normalized spacial score (nSPS) is 15.2. The second-order valence-corrected chi connectivity index (χ2v) is 5.88. The Balaban J connectivity index is 5.42. The van der Waals surface area contributed by atoms with E-state index >= 15 is 0 Å². The fourth-order valence-electron chi connectivity index (χ4n) is 1.61. The summed E-state index contributed by atoms with van der Waals surface area (Å²) in [7, 11) is 0. The van der Waals surface area contributed by atoms with E-state index in [0.29, 0.717) is 12.8 Å². The first-order valence-electron chi connectivity index (χ1n) is 7.90. The molecule has 0 heterocycles. The number of unbranched alkanes of at least 4 members (excludes halogenated alkanes) is 2. The van der Waals surface area contributed by atoms with Gasteiger partial charge in [0, 0.05) is 6.61 Å². The SMILES string of the molecule is C=CCCCCOCC(F)(F)OC(F)(F)C(F)(F)OC(F)(F)C(F)(F)C(F)(F)C(F)(F)F. The summed E-state index contributed by atoms with van der Waals surface area (Å²) in [6.07, 6.45) is -32.6. The summed E-state index contributed by atoms with van der Waals surface area (Å²) in [5, 5.41) is 0. The first-order valence-corrected chi connectivity index (χ1v) is 7.90. The van der Waals surface area contributed by atoms with E-state index in [2.05, 4.69) is 16.1 Å². The van der Waals surface area contributed by atoms with Gasteiger partial charge in [-0.05, 0) is 19.3 Å². The molecule has 0 bridgehead atoms. The summed E-state index contributed by atoms with van der Waals surface area (Å²) >= 11 is 0. The van der Waals surface area contributed by atoms with Gasteiger partial charge in [0.15, 0.2) is 0 Å². The minimum absolute atomic E-state index is 0.0342. The lowest BCUT2D eigenvalue weighted by molar-refractivity contribution is -0.543. The molecule has 3 nitrogen and oxygen atoms in total. The van der Waals surface area contributed by atoms with Crippen LogP contribution in [0.3, 0.4) is 0 Å². The van der Waals surface area contributed by atoms with E-state index in [1.54, 1.807) is 0 Å². The second kappa shape index (κ2) is 9.82. The van der Waals surface area contributed by atoms with Crippen molar-refractivity contribution in [3.05, 3.63) is 12.7 Å². The van der Waals surface area contributed by atoms with Gasteiger partial charge in [0.05, 0.1) is 0 Å². The predicted molar refractivity (Wildman–Crippen MR) is 72.8 cm³/mol. The summed E-state index contributed by atoms with van der Waals surface area (Å²) in [5.74, 6) is -15.6. The van der Waals surface area contributed by atoms with E-state index in [1.165, 1.54) is 10.8 Å². The third-order valence-electron chi connectivity index (χ3n) is 3.21. The summed E-state index contributed by atoms with van der Waals surface area (Å²) in [5.41, 5.74) is 0. The number of ether oxygens (including phenoxy) is 3. The van der Waals surface area contributed by atoms with Crippen LogP contribution in [-0.2, 0) is 14.2 Å². The van der Waals surface area contributed by atoms with Crippen LogP contribution in [0.4, 0.5) is 65.9 Å². The van der Waals surface area contributed by atoms with Gasteiger partial charge in [-0.15, -0.1) is 6.58 Å². The zero-order valence-corrected chi connectivity index (χ0v) is 15.2. The fourth-order valence-corrected chi connectivity index (χ4v) is 1.61. The molecule has 0 saturated heterocycles. The molecule has 192 valence electrons. The van der Waals surface area contributed by atoms with Crippen LogP contribution >= 0.6 is 0 Å². The molecule has 0 unspecified atom stereocenters. The largest absolute Gasteiger partial charge is 0.460 e. The molecule has 18 heteroatoms. The van der Waals surface area contributed by atoms with Gasteiger partial charge >= 0.3 is 42.5 Å². The van der Waals surface area contributed by atoms with E-state index in [1.807, 2.05) is 0 Å². The van der Waals surface area contributed by atoms with Crippen LogP contribution in [0.5, 0.6) is 0 Å². The number of halogens is 15. The van der Waals surface area contributed by atoms with E-state index in [-0.39, 0.29) is 6.42 Å². The van der Waals surface area contributed by atoms with E-state index in [0.717, 1.165) is 0 Å². The molecule has 0 aromatic heterocycles. The fraction of sp³-hybridized carbons (Fsp3) is 0.857. The van der Waals surface area contributed by atoms with Crippen molar-refractivity contribution in [2.45, 2.75) is 61.7 Å². The number of allylic oxidation sites excluding steroid dienone is 1. The minimum atomic E-state index is -7.88. The van der Waals surface area contributed by atoms with E-state index in [9.17, 15) is 65.9 Å². The van der Waals surface area contributed by atoms with Crippen molar-refractivity contribution in [2.24, 2.45) is 0 Å². The van der Waals surface area contributed by atoms with Crippen LogP contribution < -0.4 is 0 Å². The van der Waals surface area contributed by atoms with E-state index in [4.69, 9.17) is 0 Å². The van der Waals surface area contributed by atoms with Crippen molar-refractivity contribution < 1.29 is 80.1 Å². The van der Waals surface area contributed by atoms with Crippen molar-refractivity contribution in [1.29, 1.82) is 0 Å². The Morgan fingerprint density at radius 3 is 1.50 bits per heavy atom. The topological polar surface area (TPSA) is 27.7 Å². The third-order valence-corrected chi connectivity index (χ3v) is 3.21. The highest BCUT2D eigenvalue weighted by atomic mass is 19.4. The van der Waals surface area contributed by atoms with Crippen molar-refractivity contribution >= 4 is 0 Å². The molecular weight excluding hydrogens is 501 g/mol.